The Kier molecular flexibility index (Phi) is 5.27. The van der Waals surface area contributed by atoms with Gasteiger partial charge in [0.2, 0.25) is 0 Å². The van der Waals surface area contributed by atoms with Gasteiger partial charge in [-0.2, -0.15) is 0 Å². The first kappa shape index (κ1) is 19.4. The Morgan fingerprint density at radius 3 is 2.12 bits per heavy atom. The minimum Gasteiger partial charge on any atom is -0.386 e. The summed E-state index contributed by atoms with van der Waals surface area (Å²) in [5, 5.41) is 21.3. The van der Waals surface area contributed by atoms with Crippen LogP contribution < -0.4 is 5.73 Å². The molecule has 136 valence electrons. The van der Waals surface area contributed by atoms with Crippen LogP contribution >= 0.6 is 0 Å². The lowest BCUT2D eigenvalue weighted by Gasteiger charge is -2.32. The molecule has 0 spiro atoms. The number of benzene rings is 1. The molecule has 1 aromatic carbocycles. The number of rotatable bonds is 5. The van der Waals surface area contributed by atoms with Crippen LogP contribution in [0, 0.1) is 17.6 Å². The normalized spacial score (nSPS) is 14.6. The minimum atomic E-state index is -1.50. The van der Waals surface area contributed by atoms with Crippen LogP contribution in [0.1, 0.15) is 39.0 Å². The second-order valence-corrected chi connectivity index (χ2v) is 7.07. The maximum atomic E-state index is 15.0. The van der Waals surface area contributed by atoms with Crippen LogP contribution in [0.15, 0.2) is 30.3 Å². The van der Waals surface area contributed by atoms with Gasteiger partial charge in [-0.25, -0.2) is 13.8 Å². The molecule has 2 aromatic rings. The van der Waals surface area contributed by atoms with Crippen molar-refractivity contribution in [2.45, 2.75) is 38.9 Å². The summed E-state index contributed by atoms with van der Waals surface area (Å²) in [6.45, 7) is 6.33. The minimum absolute atomic E-state index is 0.00986. The third-order valence-electron chi connectivity index (χ3n) is 4.44. The van der Waals surface area contributed by atoms with Crippen molar-refractivity contribution in [1.82, 2.24) is 4.98 Å². The lowest BCUT2D eigenvalue weighted by atomic mass is 9.84. The summed E-state index contributed by atoms with van der Waals surface area (Å²) in [6, 6.07) is 6.54. The molecule has 0 aliphatic heterocycles. The Hall–Kier alpha value is -1.89. The van der Waals surface area contributed by atoms with E-state index in [-0.39, 0.29) is 29.4 Å². The monoisotopic (exact) mass is 350 g/mol. The first-order valence-electron chi connectivity index (χ1n) is 8.13. The number of hydrogen-bond acceptors (Lipinski definition) is 4. The van der Waals surface area contributed by atoms with Gasteiger partial charge in [0.05, 0.1) is 11.3 Å². The van der Waals surface area contributed by atoms with Gasteiger partial charge in [0.1, 0.15) is 17.1 Å². The largest absolute Gasteiger partial charge is 0.386 e. The summed E-state index contributed by atoms with van der Waals surface area (Å²) in [4.78, 5) is 4.27. The Morgan fingerprint density at radius 1 is 1.12 bits per heavy atom. The Bertz CT molecular complexity index is 755. The highest BCUT2D eigenvalue weighted by atomic mass is 19.1. The molecule has 25 heavy (non-hydrogen) atoms. The van der Waals surface area contributed by atoms with Crippen LogP contribution in [0.3, 0.4) is 0 Å². The van der Waals surface area contributed by atoms with Gasteiger partial charge in [-0.15, -0.1) is 0 Å². The molecule has 0 radical (unpaired) electrons. The molecule has 2 rings (SSSR count). The van der Waals surface area contributed by atoms with E-state index in [1.807, 2.05) is 0 Å². The fraction of sp³-hybridized carbons (Fsp3) is 0.421. The van der Waals surface area contributed by atoms with E-state index >= 15 is 0 Å². The lowest BCUT2D eigenvalue weighted by molar-refractivity contribution is -0.00589. The van der Waals surface area contributed by atoms with Crippen LogP contribution in [-0.4, -0.2) is 21.7 Å². The van der Waals surface area contributed by atoms with E-state index in [1.165, 1.54) is 44.2 Å². The molecule has 6 heteroatoms. The number of halogens is 2. The number of nitrogens with zero attached hydrogens (tertiary/aromatic N) is 1. The van der Waals surface area contributed by atoms with Gasteiger partial charge in [0, 0.05) is 17.7 Å². The molecule has 4 nitrogen and oxygen atoms in total. The van der Waals surface area contributed by atoms with E-state index in [0.717, 1.165) is 0 Å². The SMILES string of the molecule is CC(C)[C@](O)(CN)c1cc(C(C)(C)O)c(F)c(-c2ccc(F)cc2)n1. The molecule has 4 N–H and O–H groups in total. The van der Waals surface area contributed by atoms with Gasteiger partial charge in [-0.1, -0.05) is 13.8 Å². The first-order valence-corrected chi connectivity index (χ1v) is 8.13. The quantitative estimate of drug-likeness (QED) is 0.774. The van der Waals surface area contributed by atoms with Crippen molar-refractivity contribution in [3.63, 3.8) is 0 Å². The number of hydrogen-bond donors (Lipinski definition) is 3. The molecule has 0 unspecified atom stereocenters. The molecule has 1 aromatic heterocycles. The van der Waals surface area contributed by atoms with Crippen LogP contribution in [-0.2, 0) is 11.2 Å². The molecule has 0 aliphatic rings. The Balaban J connectivity index is 2.79. The van der Waals surface area contributed by atoms with Crippen LogP contribution in [0.2, 0.25) is 0 Å². The average molecular weight is 350 g/mol. The number of nitrogens with two attached hydrogens (primary N) is 1. The van der Waals surface area contributed by atoms with Crippen molar-refractivity contribution < 1.29 is 19.0 Å². The van der Waals surface area contributed by atoms with E-state index in [9.17, 15) is 19.0 Å². The first-order chi connectivity index (χ1) is 11.5. The van der Waals surface area contributed by atoms with Gasteiger partial charge in [-0.3, -0.25) is 0 Å². The zero-order valence-corrected chi connectivity index (χ0v) is 14.8. The fourth-order valence-corrected chi connectivity index (χ4v) is 2.63. The van der Waals surface area contributed by atoms with Crippen LogP contribution in [0.4, 0.5) is 8.78 Å². The zero-order chi connectivity index (χ0) is 19.0. The fourth-order valence-electron chi connectivity index (χ4n) is 2.63. The van der Waals surface area contributed by atoms with Crippen molar-refractivity contribution >= 4 is 0 Å². The maximum absolute atomic E-state index is 15.0. The summed E-state index contributed by atoms with van der Waals surface area (Å²) in [5.74, 6) is -1.46. The van der Waals surface area contributed by atoms with Crippen molar-refractivity contribution in [2.75, 3.05) is 6.54 Å². The lowest BCUT2D eigenvalue weighted by Crippen LogP contribution is -2.41. The third kappa shape index (κ3) is 3.71. The summed E-state index contributed by atoms with van der Waals surface area (Å²) >= 11 is 0. The number of pyridine rings is 1. The molecule has 0 fully saturated rings. The van der Waals surface area contributed by atoms with Crippen LogP contribution in [0.5, 0.6) is 0 Å². The van der Waals surface area contributed by atoms with Gasteiger partial charge in [-0.05, 0) is 50.1 Å². The molecular formula is C19H24F2N2O2. The van der Waals surface area contributed by atoms with Gasteiger partial charge >= 0.3 is 0 Å². The van der Waals surface area contributed by atoms with E-state index in [1.54, 1.807) is 13.8 Å². The third-order valence-corrected chi connectivity index (χ3v) is 4.44. The van der Waals surface area contributed by atoms with Crippen molar-refractivity contribution in [2.24, 2.45) is 11.7 Å². The second-order valence-electron chi connectivity index (χ2n) is 7.07. The Labute approximate surface area is 146 Å². The highest BCUT2D eigenvalue weighted by Crippen LogP contribution is 2.35. The van der Waals surface area contributed by atoms with E-state index in [4.69, 9.17) is 5.73 Å². The molecule has 0 bridgehead atoms. The topological polar surface area (TPSA) is 79.4 Å². The van der Waals surface area contributed by atoms with Crippen molar-refractivity contribution in [1.29, 1.82) is 0 Å². The molecular weight excluding hydrogens is 326 g/mol. The average Bonchev–Trinajstić information content (AvgIpc) is 2.54. The summed E-state index contributed by atoms with van der Waals surface area (Å²) in [7, 11) is 0. The highest BCUT2D eigenvalue weighted by molar-refractivity contribution is 5.61. The van der Waals surface area contributed by atoms with Gasteiger partial charge in [0.15, 0.2) is 5.82 Å². The van der Waals surface area contributed by atoms with E-state index < -0.39 is 22.8 Å². The predicted molar refractivity (Wildman–Crippen MR) is 92.6 cm³/mol. The second kappa shape index (κ2) is 6.78. The van der Waals surface area contributed by atoms with E-state index in [2.05, 4.69) is 4.98 Å². The maximum Gasteiger partial charge on any atom is 0.155 e. The summed E-state index contributed by atoms with van der Waals surface area (Å²) < 4.78 is 28.2. The zero-order valence-electron chi connectivity index (χ0n) is 14.8. The molecule has 0 aliphatic carbocycles. The molecule has 0 saturated heterocycles. The van der Waals surface area contributed by atoms with Crippen molar-refractivity contribution in [3.8, 4) is 11.3 Å². The number of aromatic nitrogens is 1. The Morgan fingerprint density at radius 2 is 1.68 bits per heavy atom. The standard InChI is InChI=1S/C19H24F2N2O2/c1-11(2)19(25,10-22)15-9-14(18(3,4)24)16(21)17(23-15)12-5-7-13(20)8-6-12/h5-9,11,24-25H,10,22H2,1-4H3/t19-/m1/s1. The summed E-state index contributed by atoms with van der Waals surface area (Å²) in [6.07, 6.45) is 0. The molecule has 1 atom stereocenters. The smallest absolute Gasteiger partial charge is 0.155 e. The molecule has 1 heterocycles. The molecule has 0 amide bonds. The molecule has 0 saturated carbocycles. The van der Waals surface area contributed by atoms with Gasteiger partial charge < -0.3 is 15.9 Å². The predicted octanol–water partition coefficient (Wildman–Crippen LogP) is 3.06. The van der Waals surface area contributed by atoms with E-state index in [0.29, 0.717) is 5.56 Å². The highest BCUT2D eigenvalue weighted by Gasteiger charge is 2.36. The number of aliphatic hydroxyl groups is 2. The summed E-state index contributed by atoms with van der Waals surface area (Å²) in [5.41, 5.74) is 3.20. The van der Waals surface area contributed by atoms with Crippen molar-refractivity contribution in [3.05, 3.63) is 53.2 Å². The van der Waals surface area contributed by atoms with Crippen LogP contribution in [0.25, 0.3) is 11.3 Å². The van der Waals surface area contributed by atoms with Gasteiger partial charge in [0.25, 0.3) is 0 Å².